The summed E-state index contributed by atoms with van der Waals surface area (Å²) in [6, 6.07) is 56.1. The zero-order valence-corrected chi connectivity index (χ0v) is 25.8. The molecule has 0 bridgehead atoms. The first-order chi connectivity index (χ1) is 22.3. The number of hydrogen-bond donors (Lipinski definition) is 0. The summed E-state index contributed by atoms with van der Waals surface area (Å²) in [4.78, 5) is 2.44. The van der Waals surface area contributed by atoms with Crippen LogP contribution in [0.25, 0.3) is 72.7 Å². The molecule has 0 aliphatic heterocycles. The van der Waals surface area contributed by atoms with E-state index in [4.69, 9.17) is 0 Å². The van der Waals surface area contributed by atoms with Crippen molar-refractivity contribution in [3.8, 4) is 0 Å². The Morgan fingerprint density at radius 2 is 0.800 bits per heavy atom. The molecule has 45 heavy (non-hydrogen) atoms. The number of anilines is 3. The van der Waals surface area contributed by atoms with Crippen molar-refractivity contribution in [2.45, 2.75) is 0 Å². The molecule has 210 valence electrons. The maximum Gasteiger partial charge on any atom is 0.0476 e. The molecule has 2 heterocycles. The first-order valence-electron chi connectivity index (χ1n) is 15.3. The summed E-state index contributed by atoms with van der Waals surface area (Å²) >= 11 is 3.74. The van der Waals surface area contributed by atoms with E-state index in [1.165, 1.54) is 72.7 Å². The molecule has 10 rings (SSSR count). The fraction of sp³-hybridized carbons (Fsp3) is 0. The topological polar surface area (TPSA) is 3.24 Å². The average Bonchev–Trinajstić information content (AvgIpc) is 3.66. The Morgan fingerprint density at radius 3 is 1.60 bits per heavy atom. The molecule has 8 aromatic carbocycles. The predicted octanol–water partition coefficient (Wildman–Crippen LogP) is 13.4. The van der Waals surface area contributed by atoms with Crippen molar-refractivity contribution >= 4 is 112 Å². The van der Waals surface area contributed by atoms with E-state index in [9.17, 15) is 0 Å². The van der Waals surface area contributed by atoms with Crippen LogP contribution < -0.4 is 4.90 Å². The third-order valence-electron chi connectivity index (χ3n) is 9.21. The van der Waals surface area contributed by atoms with Crippen LogP contribution in [0.4, 0.5) is 17.1 Å². The summed E-state index contributed by atoms with van der Waals surface area (Å²) in [5, 5.41) is 12.9. The van der Waals surface area contributed by atoms with Crippen LogP contribution in [0.5, 0.6) is 0 Å². The minimum absolute atomic E-state index is 1.15. The molecule has 0 aliphatic carbocycles. The van der Waals surface area contributed by atoms with Gasteiger partial charge in [0.05, 0.1) is 0 Å². The van der Waals surface area contributed by atoms with Gasteiger partial charge >= 0.3 is 0 Å². The lowest BCUT2D eigenvalue weighted by Crippen LogP contribution is -2.09. The van der Waals surface area contributed by atoms with E-state index < -0.39 is 0 Å². The summed E-state index contributed by atoms with van der Waals surface area (Å²) in [7, 11) is 0. The van der Waals surface area contributed by atoms with Crippen LogP contribution in [-0.2, 0) is 0 Å². The summed E-state index contributed by atoms with van der Waals surface area (Å²) in [5.41, 5.74) is 3.48. The van der Waals surface area contributed by atoms with E-state index >= 15 is 0 Å². The van der Waals surface area contributed by atoms with Crippen LogP contribution in [0.2, 0.25) is 0 Å². The van der Waals surface area contributed by atoms with Gasteiger partial charge in [-0.05, 0) is 86.9 Å². The molecule has 0 N–H and O–H groups in total. The Kier molecular flexibility index (Phi) is 5.39. The second-order valence-corrected chi connectivity index (χ2v) is 13.9. The van der Waals surface area contributed by atoms with Crippen LogP contribution in [0.3, 0.4) is 0 Å². The monoisotopic (exact) mass is 607 g/mol. The van der Waals surface area contributed by atoms with Gasteiger partial charge < -0.3 is 4.90 Å². The fourth-order valence-corrected chi connectivity index (χ4v) is 9.33. The molecule has 2 aromatic heterocycles. The number of thiophene rings is 2. The lowest BCUT2D eigenvalue weighted by Gasteiger charge is -2.26. The Bertz CT molecular complexity index is 2780. The van der Waals surface area contributed by atoms with Crippen LogP contribution in [-0.4, -0.2) is 0 Å². The van der Waals surface area contributed by atoms with Gasteiger partial charge in [0.1, 0.15) is 0 Å². The molecule has 0 saturated carbocycles. The second kappa shape index (κ2) is 9.64. The lowest BCUT2D eigenvalue weighted by molar-refractivity contribution is 1.30. The van der Waals surface area contributed by atoms with E-state index in [0.29, 0.717) is 0 Å². The molecule has 0 unspecified atom stereocenters. The Labute approximate surface area is 267 Å². The zero-order valence-electron chi connectivity index (χ0n) is 24.2. The van der Waals surface area contributed by atoms with Gasteiger partial charge in [-0.2, -0.15) is 0 Å². The van der Waals surface area contributed by atoms with Crippen molar-refractivity contribution in [3.63, 3.8) is 0 Å². The average molecular weight is 608 g/mol. The first kappa shape index (κ1) is 25.1. The minimum atomic E-state index is 1.15. The van der Waals surface area contributed by atoms with Crippen LogP contribution in [0, 0.1) is 0 Å². The number of fused-ring (bicyclic) bond motifs is 11. The molecule has 0 aliphatic rings. The Balaban J connectivity index is 1.26. The van der Waals surface area contributed by atoms with Crippen LogP contribution in [0.1, 0.15) is 0 Å². The molecule has 3 heteroatoms. The highest BCUT2D eigenvalue weighted by Gasteiger charge is 2.18. The summed E-state index contributed by atoms with van der Waals surface area (Å²) < 4.78 is 5.27. The van der Waals surface area contributed by atoms with Gasteiger partial charge in [-0.15, -0.1) is 22.7 Å². The van der Waals surface area contributed by atoms with Crippen molar-refractivity contribution in [2.75, 3.05) is 4.90 Å². The third kappa shape index (κ3) is 3.85. The molecule has 0 fully saturated rings. The predicted molar refractivity (Wildman–Crippen MR) is 199 cm³/mol. The maximum atomic E-state index is 2.44. The zero-order chi connectivity index (χ0) is 29.5. The van der Waals surface area contributed by atoms with Crippen LogP contribution >= 0.6 is 22.7 Å². The van der Waals surface area contributed by atoms with E-state index in [2.05, 4.69) is 157 Å². The van der Waals surface area contributed by atoms with Gasteiger partial charge in [-0.3, -0.25) is 0 Å². The van der Waals surface area contributed by atoms with Gasteiger partial charge in [-0.1, -0.05) is 97.1 Å². The number of rotatable bonds is 3. The molecule has 1 nitrogen and oxygen atoms in total. The normalized spacial score (nSPS) is 12.0. The quantitative estimate of drug-likeness (QED) is 0.181. The van der Waals surface area contributed by atoms with Gasteiger partial charge in [0.15, 0.2) is 0 Å². The Hall–Kier alpha value is -5.22. The number of benzene rings is 8. The molecule has 0 atom stereocenters. The highest BCUT2D eigenvalue weighted by molar-refractivity contribution is 7.26. The highest BCUT2D eigenvalue weighted by Crippen LogP contribution is 2.44. The fourth-order valence-electron chi connectivity index (χ4n) is 7.11. The van der Waals surface area contributed by atoms with E-state index in [0.717, 1.165) is 17.1 Å². The van der Waals surface area contributed by atoms with E-state index in [1.807, 2.05) is 22.7 Å². The van der Waals surface area contributed by atoms with Crippen LogP contribution in [0.15, 0.2) is 152 Å². The second-order valence-electron chi connectivity index (χ2n) is 11.7. The van der Waals surface area contributed by atoms with Crippen molar-refractivity contribution in [3.05, 3.63) is 152 Å². The van der Waals surface area contributed by atoms with E-state index in [-0.39, 0.29) is 0 Å². The number of hydrogen-bond acceptors (Lipinski definition) is 3. The van der Waals surface area contributed by atoms with Gasteiger partial charge in [-0.25, -0.2) is 0 Å². The smallest absolute Gasteiger partial charge is 0.0476 e. The van der Waals surface area contributed by atoms with Gasteiger partial charge in [0, 0.05) is 57.4 Å². The van der Waals surface area contributed by atoms with Gasteiger partial charge in [0.25, 0.3) is 0 Å². The largest absolute Gasteiger partial charge is 0.310 e. The van der Waals surface area contributed by atoms with Crippen molar-refractivity contribution in [1.29, 1.82) is 0 Å². The van der Waals surface area contributed by atoms with Crippen molar-refractivity contribution in [1.82, 2.24) is 0 Å². The third-order valence-corrected chi connectivity index (χ3v) is 11.5. The summed E-state index contributed by atoms with van der Waals surface area (Å²) in [5.74, 6) is 0. The standard InChI is InChI=1S/C42H25NS2/c1-2-8-32-26(7-1)13-15-28-16-14-27-17-18-29(23-36(27)42(28)32)43(30-20-22-40-37(24-30)34-10-4-6-12-39(34)44-40)31-19-21-35-33-9-3-5-11-38(33)45-41(35)25-31/h1-25H. The molecule has 0 amide bonds. The molecule has 0 saturated heterocycles. The Morgan fingerprint density at radius 1 is 0.311 bits per heavy atom. The molecule has 0 radical (unpaired) electrons. The molecule has 10 aromatic rings. The first-order valence-corrected chi connectivity index (χ1v) is 16.9. The van der Waals surface area contributed by atoms with Crippen molar-refractivity contribution < 1.29 is 0 Å². The maximum absolute atomic E-state index is 2.44. The molecular weight excluding hydrogens is 583 g/mol. The summed E-state index contributed by atoms with van der Waals surface area (Å²) in [6.45, 7) is 0. The highest BCUT2D eigenvalue weighted by atomic mass is 32.1. The molecular formula is C42H25NS2. The number of nitrogens with zero attached hydrogens (tertiary/aromatic N) is 1. The van der Waals surface area contributed by atoms with Gasteiger partial charge in [0.2, 0.25) is 0 Å². The minimum Gasteiger partial charge on any atom is -0.310 e. The lowest BCUT2D eigenvalue weighted by atomic mass is 9.96. The molecule has 0 spiro atoms. The van der Waals surface area contributed by atoms with Crippen molar-refractivity contribution in [2.24, 2.45) is 0 Å². The van der Waals surface area contributed by atoms with E-state index in [1.54, 1.807) is 0 Å². The SMILES string of the molecule is c1ccc2c(c1)ccc1ccc3ccc(N(c4ccc5c(c4)sc4ccccc45)c4ccc5sc6ccccc6c5c4)cc3c12. The summed E-state index contributed by atoms with van der Waals surface area (Å²) in [6.07, 6.45) is 0.